The molecule has 1 aromatic heterocycles. The number of rotatable bonds is 5. The molecule has 0 fully saturated rings. The highest BCUT2D eigenvalue weighted by Crippen LogP contribution is 2.40. The van der Waals surface area contributed by atoms with Crippen LogP contribution < -0.4 is 10.5 Å². The topological polar surface area (TPSA) is 95.4 Å². The van der Waals surface area contributed by atoms with E-state index < -0.39 is 17.9 Å². The largest absolute Gasteiger partial charge is 0.494 e. The van der Waals surface area contributed by atoms with Crippen LogP contribution in [0.5, 0.6) is 5.75 Å². The minimum atomic E-state index is -0.676. The molecular formula is C21H20ClN5O2. The summed E-state index contributed by atoms with van der Waals surface area (Å²) in [5.41, 5.74) is 7.83. The molecule has 4 rings (SSSR count). The van der Waals surface area contributed by atoms with Crippen LogP contribution in [0.1, 0.15) is 25.5 Å². The number of aliphatic imine (C=N–C) groups is 1. The molecule has 2 unspecified atom stereocenters. The number of amides is 1. The number of carbonyl (C=O) groups is 1. The van der Waals surface area contributed by atoms with E-state index >= 15 is 0 Å². The number of halogens is 1. The number of carbonyl (C=O) groups excluding carboxylic acids is 1. The third kappa shape index (κ3) is 3.38. The van der Waals surface area contributed by atoms with Crippen LogP contribution >= 0.6 is 11.6 Å². The molecule has 0 radical (unpaired) electrons. The molecule has 2 aromatic carbocycles. The van der Waals surface area contributed by atoms with Gasteiger partial charge in [-0.15, -0.1) is 5.10 Å². The molecule has 2 atom stereocenters. The van der Waals surface area contributed by atoms with E-state index in [9.17, 15) is 4.79 Å². The van der Waals surface area contributed by atoms with Crippen LogP contribution in [0.25, 0.3) is 11.4 Å². The van der Waals surface area contributed by atoms with Crippen molar-refractivity contribution in [1.29, 1.82) is 0 Å². The first-order valence-corrected chi connectivity index (χ1v) is 9.66. The second-order valence-electron chi connectivity index (χ2n) is 6.71. The number of aromatic nitrogens is 3. The molecule has 0 saturated carbocycles. The van der Waals surface area contributed by atoms with Gasteiger partial charge in [0.15, 0.2) is 5.82 Å². The Labute approximate surface area is 173 Å². The number of benzene rings is 2. The lowest BCUT2D eigenvalue weighted by Gasteiger charge is -2.30. The van der Waals surface area contributed by atoms with Crippen molar-refractivity contribution in [2.24, 2.45) is 16.6 Å². The van der Waals surface area contributed by atoms with Crippen LogP contribution in [-0.2, 0) is 4.79 Å². The molecule has 2 heterocycles. The van der Waals surface area contributed by atoms with Gasteiger partial charge in [0.25, 0.3) is 0 Å². The maximum atomic E-state index is 12.4. The van der Waals surface area contributed by atoms with Crippen LogP contribution in [0.2, 0.25) is 5.02 Å². The Bertz CT molecular complexity index is 1110. The van der Waals surface area contributed by atoms with Crippen LogP contribution in [0.15, 0.2) is 53.5 Å². The van der Waals surface area contributed by atoms with E-state index in [0.29, 0.717) is 40.4 Å². The highest BCUT2D eigenvalue weighted by molar-refractivity contribution is 6.33. The number of primary amides is 1. The molecule has 29 heavy (non-hydrogen) atoms. The van der Waals surface area contributed by atoms with Gasteiger partial charge in [-0.05, 0) is 32.0 Å². The SMILES string of the molecule is CCOc1ccccc1C1C(C(N)=O)C(C)=Nc2nc(-c3ccccc3Cl)nn21. The van der Waals surface area contributed by atoms with Gasteiger partial charge in [0, 0.05) is 16.8 Å². The molecule has 148 valence electrons. The van der Waals surface area contributed by atoms with Crippen molar-refractivity contribution >= 4 is 29.2 Å². The van der Waals surface area contributed by atoms with Crippen molar-refractivity contribution in [3.05, 3.63) is 59.1 Å². The third-order valence-corrected chi connectivity index (χ3v) is 5.21. The van der Waals surface area contributed by atoms with Crippen molar-refractivity contribution < 1.29 is 9.53 Å². The Morgan fingerprint density at radius 1 is 1.21 bits per heavy atom. The average Bonchev–Trinajstić information content (AvgIpc) is 3.11. The zero-order valence-electron chi connectivity index (χ0n) is 16.0. The minimum absolute atomic E-state index is 0.395. The quantitative estimate of drug-likeness (QED) is 0.693. The van der Waals surface area contributed by atoms with Crippen molar-refractivity contribution in [3.63, 3.8) is 0 Å². The van der Waals surface area contributed by atoms with Gasteiger partial charge in [-0.2, -0.15) is 4.98 Å². The lowest BCUT2D eigenvalue weighted by Crippen LogP contribution is -2.39. The number of nitrogens with two attached hydrogens (primary N) is 1. The fourth-order valence-corrected chi connectivity index (χ4v) is 3.84. The number of fused-ring (bicyclic) bond motifs is 1. The van der Waals surface area contributed by atoms with E-state index in [2.05, 4.69) is 15.1 Å². The van der Waals surface area contributed by atoms with Gasteiger partial charge in [-0.3, -0.25) is 4.79 Å². The van der Waals surface area contributed by atoms with Gasteiger partial charge in [-0.25, -0.2) is 9.67 Å². The minimum Gasteiger partial charge on any atom is -0.494 e. The van der Waals surface area contributed by atoms with Gasteiger partial charge >= 0.3 is 0 Å². The van der Waals surface area contributed by atoms with E-state index in [4.69, 9.17) is 22.1 Å². The first kappa shape index (κ1) is 19.1. The Morgan fingerprint density at radius 2 is 1.93 bits per heavy atom. The molecule has 0 aliphatic carbocycles. The smallest absolute Gasteiger partial charge is 0.248 e. The molecule has 0 spiro atoms. The first-order valence-electron chi connectivity index (χ1n) is 9.29. The van der Waals surface area contributed by atoms with Crippen LogP contribution in [0.4, 0.5) is 5.95 Å². The van der Waals surface area contributed by atoms with Crippen LogP contribution in [0, 0.1) is 5.92 Å². The van der Waals surface area contributed by atoms with Gasteiger partial charge in [0.05, 0.1) is 11.6 Å². The molecule has 0 bridgehead atoms. The summed E-state index contributed by atoms with van der Waals surface area (Å²) < 4.78 is 7.44. The summed E-state index contributed by atoms with van der Waals surface area (Å²) in [6.07, 6.45) is 0. The van der Waals surface area contributed by atoms with E-state index in [1.54, 1.807) is 17.7 Å². The molecule has 1 aliphatic rings. The van der Waals surface area contributed by atoms with E-state index in [-0.39, 0.29) is 0 Å². The summed E-state index contributed by atoms with van der Waals surface area (Å²) in [4.78, 5) is 21.4. The Morgan fingerprint density at radius 3 is 2.66 bits per heavy atom. The summed E-state index contributed by atoms with van der Waals surface area (Å²) in [7, 11) is 0. The fourth-order valence-electron chi connectivity index (χ4n) is 3.62. The maximum absolute atomic E-state index is 12.4. The molecule has 2 N–H and O–H groups in total. The van der Waals surface area contributed by atoms with Crippen molar-refractivity contribution in [3.8, 4) is 17.1 Å². The summed E-state index contributed by atoms with van der Waals surface area (Å²) in [6, 6.07) is 14.4. The summed E-state index contributed by atoms with van der Waals surface area (Å²) in [5, 5.41) is 5.19. The molecule has 1 amide bonds. The van der Waals surface area contributed by atoms with Gasteiger partial charge in [0.1, 0.15) is 17.7 Å². The maximum Gasteiger partial charge on any atom is 0.248 e. The first-order chi connectivity index (χ1) is 14.0. The second kappa shape index (κ2) is 7.67. The van der Waals surface area contributed by atoms with E-state index in [1.807, 2.05) is 49.4 Å². The van der Waals surface area contributed by atoms with E-state index in [0.717, 1.165) is 5.56 Å². The van der Waals surface area contributed by atoms with Gasteiger partial charge < -0.3 is 10.5 Å². The lowest BCUT2D eigenvalue weighted by atomic mass is 9.87. The molecule has 1 aliphatic heterocycles. The average molecular weight is 410 g/mol. The number of nitrogens with zero attached hydrogens (tertiary/aromatic N) is 4. The molecule has 8 heteroatoms. The number of hydrogen-bond donors (Lipinski definition) is 1. The number of para-hydroxylation sites is 1. The second-order valence-corrected chi connectivity index (χ2v) is 7.12. The number of hydrogen-bond acceptors (Lipinski definition) is 5. The highest BCUT2D eigenvalue weighted by atomic mass is 35.5. The Hall–Kier alpha value is -3.19. The lowest BCUT2D eigenvalue weighted by molar-refractivity contribution is -0.120. The van der Waals surface area contributed by atoms with Gasteiger partial charge in [0.2, 0.25) is 11.9 Å². The standard InChI is InChI=1S/C21H20ClN5O2/c1-3-29-16-11-7-5-9-14(16)18-17(19(23)28)12(2)24-21-25-20(26-27(18)21)13-8-4-6-10-15(13)22/h4-11,17-18H,3H2,1-2H3,(H2,23,28). The number of ether oxygens (including phenoxy) is 1. The Balaban J connectivity index is 1.92. The molecule has 7 nitrogen and oxygen atoms in total. The van der Waals surface area contributed by atoms with Crippen molar-refractivity contribution in [1.82, 2.24) is 14.8 Å². The molecular weight excluding hydrogens is 390 g/mol. The Kier molecular flexibility index (Phi) is 5.07. The third-order valence-electron chi connectivity index (χ3n) is 4.88. The zero-order chi connectivity index (χ0) is 20.5. The monoisotopic (exact) mass is 409 g/mol. The fraction of sp³-hybridized carbons (Fsp3) is 0.238. The van der Waals surface area contributed by atoms with Crippen molar-refractivity contribution in [2.45, 2.75) is 19.9 Å². The predicted octanol–water partition coefficient (Wildman–Crippen LogP) is 3.79. The molecule has 0 saturated heterocycles. The van der Waals surface area contributed by atoms with Crippen molar-refractivity contribution in [2.75, 3.05) is 6.61 Å². The molecule has 3 aromatic rings. The zero-order valence-corrected chi connectivity index (χ0v) is 16.8. The van der Waals surface area contributed by atoms with Crippen LogP contribution in [-0.4, -0.2) is 33.0 Å². The van der Waals surface area contributed by atoms with Crippen LogP contribution in [0.3, 0.4) is 0 Å². The normalized spacial score (nSPS) is 18.1. The summed E-state index contributed by atoms with van der Waals surface area (Å²) >= 11 is 6.33. The van der Waals surface area contributed by atoms with E-state index in [1.165, 1.54) is 0 Å². The predicted molar refractivity (Wildman–Crippen MR) is 112 cm³/mol. The van der Waals surface area contributed by atoms with Gasteiger partial charge in [-0.1, -0.05) is 41.9 Å². The highest BCUT2D eigenvalue weighted by Gasteiger charge is 2.39. The summed E-state index contributed by atoms with van der Waals surface area (Å²) in [5.74, 6) is 0.340. The summed E-state index contributed by atoms with van der Waals surface area (Å²) in [6.45, 7) is 4.18.